The molecule has 0 aromatic carbocycles. The molecule has 0 spiro atoms. The van der Waals surface area contributed by atoms with Crippen LogP contribution >= 0.6 is 0 Å². The van der Waals surface area contributed by atoms with Gasteiger partial charge in [-0.1, -0.05) is 30.9 Å². The summed E-state index contributed by atoms with van der Waals surface area (Å²) in [6, 6.07) is 0. The summed E-state index contributed by atoms with van der Waals surface area (Å²) in [5, 5.41) is 0. The lowest BCUT2D eigenvalue weighted by Gasteiger charge is -1.97. The van der Waals surface area contributed by atoms with Crippen molar-refractivity contribution in [1.82, 2.24) is 0 Å². The molecule has 0 amide bonds. The molecule has 1 heteroatoms. The molecule has 0 unspecified atom stereocenters. The first-order valence-electron chi connectivity index (χ1n) is 4.23. The second-order valence-electron chi connectivity index (χ2n) is 3.11. The summed E-state index contributed by atoms with van der Waals surface area (Å²) >= 11 is 0. The molecule has 0 atom stereocenters. The lowest BCUT2D eigenvalue weighted by molar-refractivity contribution is 1.38. The fourth-order valence-corrected chi connectivity index (χ4v) is 0.685. The Kier molecular flexibility index (Phi) is 5.53. The molecule has 0 fully saturated rings. The topological polar surface area (TPSA) is 12.4 Å². The van der Waals surface area contributed by atoms with Crippen molar-refractivity contribution in [3.05, 3.63) is 48.2 Å². The largest absolute Gasteiger partial charge is 0.265 e. The van der Waals surface area contributed by atoms with Crippen molar-refractivity contribution in [3.8, 4) is 0 Å². The van der Waals surface area contributed by atoms with E-state index in [2.05, 4.69) is 32.0 Å². The van der Waals surface area contributed by atoms with Crippen LogP contribution in [0.5, 0.6) is 0 Å². The van der Waals surface area contributed by atoms with Gasteiger partial charge in [0.2, 0.25) is 0 Å². The number of rotatable bonds is 4. The summed E-state index contributed by atoms with van der Waals surface area (Å²) in [5.74, 6) is 0. The number of allylic oxidation sites excluding steroid dienone is 5. The van der Waals surface area contributed by atoms with Gasteiger partial charge in [0.05, 0.1) is 0 Å². The van der Waals surface area contributed by atoms with E-state index in [-0.39, 0.29) is 0 Å². The Hall–Kier alpha value is -1.37. The predicted molar refractivity (Wildman–Crippen MR) is 61.0 cm³/mol. The highest BCUT2D eigenvalue weighted by atomic mass is 14.7. The maximum absolute atomic E-state index is 3.95. The first-order valence-corrected chi connectivity index (χ1v) is 4.23. The third-order valence-corrected chi connectivity index (χ3v) is 1.41. The van der Waals surface area contributed by atoms with Gasteiger partial charge >= 0.3 is 0 Å². The summed E-state index contributed by atoms with van der Waals surface area (Å²) in [7, 11) is 0. The Labute approximate surface area is 80.9 Å². The van der Waals surface area contributed by atoms with E-state index in [1.54, 1.807) is 6.21 Å². The van der Waals surface area contributed by atoms with E-state index in [9.17, 15) is 0 Å². The minimum atomic E-state index is 1.00. The first-order chi connectivity index (χ1) is 6.07. The van der Waals surface area contributed by atoms with Crippen LogP contribution < -0.4 is 0 Å². The average molecular weight is 175 g/mol. The Morgan fingerprint density at radius 3 is 2.15 bits per heavy atom. The van der Waals surface area contributed by atoms with Crippen molar-refractivity contribution in [2.75, 3.05) is 0 Å². The molecule has 13 heavy (non-hydrogen) atoms. The number of hydrogen-bond acceptors (Lipinski definition) is 1. The van der Waals surface area contributed by atoms with Crippen molar-refractivity contribution < 1.29 is 0 Å². The van der Waals surface area contributed by atoms with Gasteiger partial charge in [-0.25, -0.2) is 0 Å². The molecular formula is C12H17N. The van der Waals surface area contributed by atoms with Gasteiger partial charge in [0.1, 0.15) is 0 Å². The highest BCUT2D eigenvalue weighted by Gasteiger charge is 1.90. The van der Waals surface area contributed by atoms with Gasteiger partial charge in [-0.3, -0.25) is 4.99 Å². The monoisotopic (exact) mass is 175 g/mol. The lowest BCUT2D eigenvalue weighted by atomic mass is 10.1. The van der Waals surface area contributed by atoms with Crippen molar-refractivity contribution >= 4 is 6.21 Å². The fourth-order valence-electron chi connectivity index (χ4n) is 0.685. The summed E-state index contributed by atoms with van der Waals surface area (Å²) < 4.78 is 0. The van der Waals surface area contributed by atoms with Crippen LogP contribution in [0.4, 0.5) is 0 Å². The zero-order chi connectivity index (χ0) is 10.3. The molecule has 0 heterocycles. The van der Waals surface area contributed by atoms with Crippen molar-refractivity contribution in [2.45, 2.75) is 20.8 Å². The maximum atomic E-state index is 3.95. The molecular weight excluding hydrogens is 158 g/mol. The first kappa shape index (κ1) is 11.6. The molecule has 0 aromatic rings. The van der Waals surface area contributed by atoms with Crippen LogP contribution in [0, 0.1) is 0 Å². The Morgan fingerprint density at radius 2 is 1.77 bits per heavy atom. The molecule has 0 rings (SSSR count). The van der Waals surface area contributed by atoms with Crippen molar-refractivity contribution in [1.29, 1.82) is 0 Å². The van der Waals surface area contributed by atoms with E-state index in [1.165, 1.54) is 11.8 Å². The third kappa shape index (κ3) is 5.85. The van der Waals surface area contributed by atoms with E-state index in [1.807, 2.05) is 19.1 Å². The van der Waals surface area contributed by atoms with Gasteiger partial charge < -0.3 is 0 Å². The summed E-state index contributed by atoms with van der Waals surface area (Å²) in [6.07, 6.45) is 7.32. The van der Waals surface area contributed by atoms with Gasteiger partial charge in [-0.2, -0.15) is 0 Å². The Bertz CT molecular complexity index is 273. The zero-order valence-corrected chi connectivity index (χ0v) is 8.67. The van der Waals surface area contributed by atoms with Gasteiger partial charge in [0.25, 0.3) is 0 Å². The normalized spacial score (nSPS) is 11.5. The van der Waals surface area contributed by atoms with Gasteiger partial charge in [0.15, 0.2) is 0 Å². The standard InChI is InChI=1S/C12H17N/c1-6-13-9-12(11(4)5)8-7-10(2)3/h6-9H,1,4H2,2-3,5H3/b12-8-,13-9?. The van der Waals surface area contributed by atoms with Crippen LogP contribution in [-0.4, -0.2) is 6.21 Å². The molecule has 0 bridgehead atoms. The number of hydrogen-bond donors (Lipinski definition) is 0. The van der Waals surface area contributed by atoms with E-state index in [0.717, 1.165) is 11.1 Å². The third-order valence-electron chi connectivity index (χ3n) is 1.41. The van der Waals surface area contributed by atoms with Crippen molar-refractivity contribution in [2.24, 2.45) is 4.99 Å². The van der Waals surface area contributed by atoms with E-state index in [4.69, 9.17) is 0 Å². The summed E-state index contributed by atoms with van der Waals surface area (Å²) in [6.45, 7) is 13.4. The maximum Gasteiger partial charge on any atom is 0.0342 e. The minimum Gasteiger partial charge on any atom is -0.265 e. The van der Waals surface area contributed by atoms with Crippen LogP contribution in [0.2, 0.25) is 0 Å². The molecule has 0 aliphatic rings. The molecule has 0 saturated carbocycles. The van der Waals surface area contributed by atoms with E-state index >= 15 is 0 Å². The van der Waals surface area contributed by atoms with Crippen LogP contribution in [0.25, 0.3) is 0 Å². The predicted octanol–water partition coefficient (Wildman–Crippen LogP) is 3.67. The molecule has 1 nitrogen and oxygen atoms in total. The zero-order valence-electron chi connectivity index (χ0n) is 8.67. The fraction of sp³-hybridized carbons (Fsp3) is 0.250. The number of aliphatic imine (C=N–C) groups is 1. The highest BCUT2D eigenvalue weighted by Crippen LogP contribution is 2.05. The molecule has 0 aliphatic heterocycles. The van der Waals surface area contributed by atoms with Crippen LogP contribution in [0.15, 0.2) is 53.2 Å². The van der Waals surface area contributed by atoms with Crippen LogP contribution in [0.1, 0.15) is 20.8 Å². The van der Waals surface area contributed by atoms with Gasteiger partial charge in [0, 0.05) is 12.4 Å². The molecule has 0 radical (unpaired) electrons. The molecule has 70 valence electrons. The molecule has 0 N–H and O–H groups in total. The number of nitrogens with zero attached hydrogens (tertiary/aromatic N) is 1. The Balaban J connectivity index is 4.70. The molecule has 0 aliphatic carbocycles. The Morgan fingerprint density at radius 1 is 1.15 bits per heavy atom. The summed E-state index contributed by atoms with van der Waals surface area (Å²) in [4.78, 5) is 3.95. The van der Waals surface area contributed by atoms with E-state index < -0.39 is 0 Å². The second kappa shape index (κ2) is 6.18. The highest BCUT2D eigenvalue weighted by molar-refractivity contribution is 5.84. The quantitative estimate of drug-likeness (QED) is 0.456. The van der Waals surface area contributed by atoms with Gasteiger partial charge in [-0.05, 0) is 31.9 Å². The smallest absolute Gasteiger partial charge is 0.0342 e. The molecule has 0 aromatic heterocycles. The minimum absolute atomic E-state index is 1.00. The lowest BCUT2D eigenvalue weighted by Crippen LogP contribution is -1.84. The average Bonchev–Trinajstić information content (AvgIpc) is 2.03. The SMILES string of the molecule is C=CN=C/C(=C/C=C(C)C)C(=C)C. The van der Waals surface area contributed by atoms with Gasteiger partial charge in [-0.15, -0.1) is 0 Å². The second-order valence-corrected chi connectivity index (χ2v) is 3.11. The molecule has 0 saturated heterocycles. The van der Waals surface area contributed by atoms with Crippen LogP contribution in [-0.2, 0) is 0 Å². The van der Waals surface area contributed by atoms with Crippen LogP contribution in [0.3, 0.4) is 0 Å². The van der Waals surface area contributed by atoms with Crippen molar-refractivity contribution in [3.63, 3.8) is 0 Å². The van der Waals surface area contributed by atoms with E-state index in [0.29, 0.717) is 0 Å². The summed E-state index contributed by atoms with van der Waals surface area (Å²) in [5.41, 5.74) is 3.29.